The molecule has 0 aliphatic carbocycles. The van der Waals surface area contributed by atoms with Crippen molar-refractivity contribution in [1.82, 2.24) is 15.3 Å². The average molecular weight is 366 g/mol. The van der Waals surface area contributed by atoms with Crippen molar-refractivity contribution < 1.29 is 4.79 Å². The summed E-state index contributed by atoms with van der Waals surface area (Å²) in [5, 5.41) is 2.68. The van der Waals surface area contributed by atoms with Crippen LogP contribution >= 0.6 is 11.8 Å². The maximum Gasteiger partial charge on any atom is 0.253 e. The van der Waals surface area contributed by atoms with Gasteiger partial charge in [0.2, 0.25) is 5.91 Å². The first-order valence-corrected chi connectivity index (χ1v) is 8.90. The van der Waals surface area contributed by atoms with E-state index >= 15 is 0 Å². The fraction of sp³-hybridized carbons (Fsp3) is 0.105. The summed E-state index contributed by atoms with van der Waals surface area (Å²) in [5.41, 5.74) is 7.11. The van der Waals surface area contributed by atoms with E-state index in [-0.39, 0.29) is 17.3 Å². The number of carbonyl (C=O) groups excluding carboxylic acids is 1. The van der Waals surface area contributed by atoms with Crippen molar-refractivity contribution >= 4 is 23.5 Å². The largest absolute Gasteiger partial charge is 0.383 e. The Kier molecular flexibility index (Phi) is 5.70. The molecule has 2 aromatic carbocycles. The first-order chi connectivity index (χ1) is 12.6. The van der Waals surface area contributed by atoms with Gasteiger partial charge in [-0.05, 0) is 11.1 Å². The molecule has 0 aliphatic rings. The molecule has 26 heavy (non-hydrogen) atoms. The predicted molar refractivity (Wildman–Crippen MR) is 103 cm³/mol. The molecule has 0 saturated heterocycles. The maximum atomic E-state index is 12.8. The highest BCUT2D eigenvalue weighted by Gasteiger charge is 2.23. The van der Waals surface area contributed by atoms with Gasteiger partial charge in [-0.15, -0.1) is 0 Å². The van der Waals surface area contributed by atoms with Gasteiger partial charge in [0.15, 0.2) is 5.16 Å². The quantitative estimate of drug-likeness (QED) is 0.460. The molecule has 0 spiro atoms. The minimum Gasteiger partial charge on any atom is -0.383 e. The molecule has 6 nitrogen and oxygen atoms in total. The SMILES string of the molecule is Nc1cc(=O)[nH]c(SC(C(=O)NCc2ccccc2)c2ccccc2)n1. The van der Waals surface area contributed by atoms with E-state index in [1.807, 2.05) is 60.7 Å². The van der Waals surface area contributed by atoms with Crippen molar-refractivity contribution in [2.45, 2.75) is 17.0 Å². The van der Waals surface area contributed by atoms with Crippen molar-refractivity contribution in [2.24, 2.45) is 0 Å². The first-order valence-electron chi connectivity index (χ1n) is 8.02. The van der Waals surface area contributed by atoms with Crippen LogP contribution in [0, 0.1) is 0 Å². The molecule has 1 atom stereocenters. The summed E-state index contributed by atoms with van der Waals surface area (Å²) in [4.78, 5) is 31.1. The average Bonchev–Trinajstić information content (AvgIpc) is 2.65. The normalized spacial score (nSPS) is 11.7. The molecule has 1 amide bonds. The standard InChI is InChI=1S/C19H18N4O2S/c20-15-11-16(24)23-19(22-15)26-17(14-9-5-2-6-10-14)18(25)21-12-13-7-3-1-4-8-13/h1-11,17H,12H2,(H,21,25)(H3,20,22,23,24). The Labute approximate surface area is 154 Å². The van der Waals surface area contributed by atoms with Crippen LogP contribution in [0.5, 0.6) is 0 Å². The van der Waals surface area contributed by atoms with Crippen molar-refractivity contribution in [3.63, 3.8) is 0 Å². The van der Waals surface area contributed by atoms with Crippen LogP contribution in [-0.4, -0.2) is 15.9 Å². The Morgan fingerprint density at radius 1 is 1.12 bits per heavy atom. The third-order valence-electron chi connectivity index (χ3n) is 3.62. The first kappa shape index (κ1) is 17.8. The number of aromatic amines is 1. The summed E-state index contributed by atoms with van der Waals surface area (Å²) in [7, 11) is 0. The van der Waals surface area contributed by atoms with E-state index < -0.39 is 5.25 Å². The summed E-state index contributed by atoms with van der Waals surface area (Å²) in [6, 6.07) is 20.2. The van der Waals surface area contributed by atoms with Crippen LogP contribution in [0.15, 0.2) is 76.7 Å². The Bertz CT molecular complexity index is 929. The number of amides is 1. The number of thioether (sulfide) groups is 1. The van der Waals surface area contributed by atoms with E-state index in [0.29, 0.717) is 11.7 Å². The van der Waals surface area contributed by atoms with Gasteiger partial charge in [-0.3, -0.25) is 9.59 Å². The van der Waals surface area contributed by atoms with E-state index in [0.717, 1.165) is 22.9 Å². The summed E-state index contributed by atoms with van der Waals surface area (Å²) < 4.78 is 0. The number of nitrogens with zero attached hydrogens (tertiary/aromatic N) is 1. The van der Waals surface area contributed by atoms with Crippen LogP contribution in [0.1, 0.15) is 16.4 Å². The number of hydrogen-bond acceptors (Lipinski definition) is 5. The van der Waals surface area contributed by atoms with Crippen molar-refractivity contribution in [3.05, 3.63) is 88.2 Å². The van der Waals surface area contributed by atoms with Gasteiger partial charge in [0.05, 0.1) is 0 Å². The molecule has 1 aromatic heterocycles. The Hall–Kier alpha value is -3.06. The topological polar surface area (TPSA) is 101 Å². The molecule has 0 fully saturated rings. The summed E-state index contributed by atoms with van der Waals surface area (Å²) in [6.45, 7) is 0.421. The second kappa shape index (κ2) is 8.35. The fourth-order valence-electron chi connectivity index (χ4n) is 2.40. The molecule has 0 aliphatic heterocycles. The number of aromatic nitrogens is 2. The molecule has 1 heterocycles. The number of carbonyl (C=O) groups is 1. The number of H-pyrrole nitrogens is 1. The number of hydrogen-bond donors (Lipinski definition) is 3. The minimum absolute atomic E-state index is 0.118. The molecule has 1 unspecified atom stereocenters. The van der Waals surface area contributed by atoms with E-state index in [2.05, 4.69) is 15.3 Å². The van der Waals surface area contributed by atoms with Crippen LogP contribution in [0.25, 0.3) is 0 Å². The van der Waals surface area contributed by atoms with Gasteiger partial charge in [-0.1, -0.05) is 72.4 Å². The number of anilines is 1. The van der Waals surface area contributed by atoms with Crippen LogP contribution in [0.4, 0.5) is 5.82 Å². The van der Waals surface area contributed by atoms with Crippen molar-refractivity contribution in [1.29, 1.82) is 0 Å². The zero-order chi connectivity index (χ0) is 18.4. The number of nitrogens with one attached hydrogen (secondary N) is 2. The van der Waals surface area contributed by atoms with E-state index in [1.54, 1.807) is 0 Å². The molecule has 0 radical (unpaired) electrons. The molecule has 4 N–H and O–H groups in total. The van der Waals surface area contributed by atoms with Gasteiger partial charge in [0.25, 0.3) is 5.56 Å². The van der Waals surface area contributed by atoms with E-state index in [4.69, 9.17) is 5.73 Å². The molecule has 7 heteroatoms. The molecule has 0 bridgehead atoms. The zero-order valence-corrected chi connectivity index (χ0v) is 14.7. The molecular weight excluding hydrogens is 348 g/mol. The van der Waals surface area contributed by atoms with Gasteiger partial charge in [0, 0.05) is 12.6 Å². The van der Waals surface area contributed by atoms with Crippen molar-refractivity contribution in [2.75, 3.05) is 5.73 Å². The van der Waals surface area contributed by atoms with Gasteiger partial charge in [-0.25, -0.2) is 4.98 Å². The lowest BCUT2D eigenvalue weighted by atomic mass is 10.1. The van der Waals surface area contributed by atoms with Crippen molar-refractivity contribution in [3.8, 4) is 0 Å². The highest BCUT2D eigenvalue weighted by atomic mass is 32.2. The van der Waals surface area contributed by atoms with Gasteiger partial charge in [-0.2, -0.15) is 0 Å². The highest BCUT2D eigenvalue weighted by molar-refractivity contribution is 8.00. The lowest BCUT2D eigenvalue weighted by Crippen LogP contribution is -2.28. The number of nitrogen functional groups attached to an aromatic ring is 1. The molecular formula is C19H18N4O2S. The third kappa shape index (κ3) is 4.73. The number of benzene rings is 2. The lowest BCUT2D eigenvalue weighted by Gasteiger charge is -2.16. The second-order valence-corrected chi connectivity index (χ2v) is 6.68. The van der Waals surface area contributed by atoms with Gasteiger partial charge >= 0.3 is 0 Å². The number of nitrogens with two attached hydrogens (primary N) is 1. The summed E-state index contributed by atoms with van der Waals surface area (Å²) in [6.07, 6.45) is 0. The van der Waals surface area contributed by atoms with Crippen LogP contribution in [-0.2, 0) is 11.3 Å². The fourth-order valence-corrected chi connectivity index (χ4v) is 3.42. The zero-order valence-electron chi connectivity index (χ0n) is 13.9. The smallest absolute Gasteiger partial charge is 0.253 e. The van der Waals surface area contributed by atoms with Crippen LogP contribution < -0.4 is 16.6 Å². The predicted octanol–water partition coefficient (Wildman–Crippen LogP) is 2.50. The molecule has 3 rings (SSSR count). The Morgan fingerprint density at radius 2 is 1.77 bits per heavy atom. The summed E-state index contributed by atoms with van der Waals surface area (Å²) in [5.74, 6) is -0.0529. The minimum atomic E-state index is -0.565. The van der Waals surface area contributed by atoms with Gasteiger partial charge < -0.3 is 16.0 Å². The maximum absolute atomic E-state index is 12.8. The highest BCUT2D eigenvalue weighted by Crippen LogP contribution is 2.33. The molecule has 3 aromatic rings. The lowest BCUT2D eigenvalue weighted by molar-refractivity contribution is -0.120. The number of rotatable bonds is 6. The van der Waals surface area contributed by atoms with Gasteiger partial charge in [0.1, 0.15) is 11.1 Å². The molecule has 0 saturated carbocycles. The monoisotopic (exact) mass is 366 g/mol. The van der Waals surface area contributed by atoms with Crippen LogP contribution in [0.2, 0.25) is 0 Å². The summed E-state index contributed by atoms with van der Waals surface area (Å²) >= 11 is 1.15. The molecule has 132 valence electrons. The Balaban J connectivity index is 1.81. The Morgan fingerprint density at radius 3 is 2.42 bits per heavy atom. The van der Waals surface area contributed by atoms with Crippen LogP contribution in [0.3, 0.4) is 0 Å². The van der Waals surface area contributed by atoms with E-state index in [9.17, 15) is 9.59 Å². The third-order valence-corrected chi connectivity index (χ3v) is 4.76. The second-order valence-electron chi connectivity index (χ2n) is 5.59. The van der Waals surface area contributed by atoms with E-state index in [1.165, 1.54) is 6.07 Å².